The SMILES string of the molecule is Cc1cccc(C)c1NC(=O)N1CCC(c2ccn3ncc(C(=O)N4CCC(C)CC4)c3c2)CC1. The van der Waals surface area contributed by atoms with E-state index in [1.807, 2.05) is 48.0 Å². The number of hydrogen-bond donors (Lipinski definition) is 1. The van der Waals surface area contributed by atoms with Crippen LogP contribution in [0, 0.1) is 19.8 Å². The molecule has 1 aromatic carbocycles. The first-order valence-corrected chi connectivity index (χ1v) is 12.8. The average Bonchev–Trinajstić information content (AvgIpc) is 3.30. The monoisotopic (exact) mass is 473 g/mol. The number of urea groups is 1. The van der Waals surface area contributed by atoms with E-state index in [1.165, 1.54) is 5.56 Å². The van der Waals surface area contributed by atoms with Crippen LogP contribution in [-0.4, -0.2) is 57.5 Å². The van der Waals surface area contributed by atoms with Crippen molar-refractivity contribution in [1.82, 2.24) is 19.4 Å². The summed E-state index contributed by atoms with van der Waals surface area (Å²) in [5.74, 6) is 1.13. The number of carbonyl (C=O) groups excluding carboxylic acids is 2. The van der Waals surface area contributed by atoms with E-state index < -0.39 is 0 Å². The highest BCUT2D eigenvalue weighted by atomic mass is 16.2. The van der Waals surface area contributed by atoms with Gasteiger partial charge in [-0.15, -0.1) is 0 Å². The van der Waals surface area contributed by atoms with Crippen molar-refractivity contribution in [3.05, 3.63) is 65.0 Å². The Hall–Kier alpha value is -3.35. The number of hydrogen-bond acceptors (Lipinski definition) is 3. The van der Waals surface area contributed by atoms with Crippen molar-refractivity contribution in [2.24, 2.45) is 5.92 Å². The number of aryl methyl sites for hydroxylation is 2. The molecule has 35 heavy (non-hydrogen) atoms. The van der Waals surface area contributed by atoms with Gasteiger partial charge >= 0.3 is 6.03 Å². The zero-order valence-electron chi connectivity index (χ0n) is 21.0. The van der Waals surface area contributed by atoms with Gasteiger partial charge in [0.25, 0.3) is 5.91 Å². The van der Waals surface area contributed by atoms with Crippen molar-refractivity contribution < 1.29 is 9.59 Å². The zero-order chi connectivity index (χ0) is 24.5. The van der Waals surface area contributed by atoms with E-state index in [0.29, 0.717) is 30.5 Å². The molecule has 4 heterocycles. The van der Waals surface area contributed by atoms with Gasteiger partial charge in [-0.3, -0.25) is 4.79 Å². The molecule has 2 saturated heterocycles. The van der Waals surface area contributed by atoms with Crippen molar-refractivity contribution >= 4 is 23.1 Å². The lowest BCUT2D eigenvalue weighted by molar-refractivity contribution is 0.0699. The normalized spacial score (nSPS) is 17.7. The number of aromatic nitrogens is 2. The number of benzene rings is 1. The van der Waals surface area contributed by atoms with Crippen LogP contribution in [0.2, 0.25) is 0 Å². The molecule has 1 N–H and O–H groups in total. The lowest BCUT2D eigenvalue weighted by atomic mass is 9.89. The number of anilines is 1. The van der Waals surface area contributed by atoms with Crippen LogP contribution >= 0.6 is 0 Å². The third-order valence-electron chi connectivity index (χ3n) is 7.81. The standard InChI is InChI=1S/C28H35N5O2/c1-19-7-12-31(13-8-19)27(34)24-18-29-33-16-11-23(17-25(24)33)22-9-14-32(15-10-22)28(35)30-26-20(2)5-4-6-21(26)3/h4-6,11,16-19,22H,7-10,12-15H2,1-3H3,(H,30,35). The van der Waals surface area contributed by atoms with Crippen molar-refractivity contribution in [2.45, 2.75) is 52.4 Å². The van der Waals surface area contributed by atoms with Gasteiger partial charge in [-0.2, -0.15) is 5.10 Å². The molecule has 2 aliphatic heterocycles. The third kappa shape index (κ3) is 4.77. The maximum atomic E-state index is 13.2. The van der Waals surface area contributed by atoms with Crippen LogP contribution in [0.25, 0.3) is 5.52 Å². The molecule has 7 heteroatoms. The Kier molecular flexibility index (Phi) is 6.50. The van der Waals surface area contributed by atoms with Gasteiger partial charge < -0.3 is 15.1 Å². The van der Waals surface area contributed by atoms with Crippen molar-refractivity contribution in [2.75, 3.05) is 31.5 Å². The van der Waals surface area contributed by atoms with Gasteiger partial charge in [0, 0.05) is 38.1 Å². The number of piperidine rings is 2. The van der Waals surface area contributed by atoms with Crippen LogP contribution in [0.3, 0.4) is 0 Å². The number of pyridine rings is 1. The first kappa shape index (κ1) is 23.4. The summed E-state index contributed by atoms with van der Waals surface area (Å²) < 4.78 is 1.80. The van der Waals surface area contributed by atoms with Crippen LogP contribution < -0.4 is 5.32 Å². The second-order valence-corrected chi connectivity index (χ2v) is 10.3. The molecule has 5 rings (SSSR count). The fourth-order valence-corrected chi connectivity index (χ4v) is 5.41. The molecule has 7 nitrogen and oxygen atoms in total. The third-order valence-corrected chi connectivity index (χ3v) is 7.81. The first-order chi connectivity index (χ1) is 16.9. The van der Waals surface area contributed by atoms with Crippen molar-refractivity contribution in [3.63, 3.8) is 0 Å². The highest BCUT2D eigenvalue weighted by Crippen LogP contribution is 2.30. The van der Waals surface area contributed by atoms with E-state index in [1.54, 1.807) is 10.7 Å². The predicted octanol–water partition coefficient (Wildman–Crippen LogP) is 5.23. The quantitative estimate of drug-likeness (QED) is 0.566. The van der Waals surface area contributed by atoms with Crippen molar-refractivity contribution in [1.29, 1.82) is 0 Å². The summed E-state index contributed by atoms with van der Waals surface area (Å²) in [5, 5.41) is 7.54. The van der Waals surface area contributed by atoms with Crippen LogP contribution in [0.5, 0.6) is 0 Å². The van der Waals surface area contributed by atoms with Gasteiger partial charge in [0.2, 0.25) is 0 Å². The van der Waals surface area contributed by atoms with Gasteiger partial charge in [0.15, 0.2) is 0 Å². The van der Waals surface area contributed by atoms with Gasteiger partial charge in [0.05, 0.1) is 17.3 Å². The summed E-state index contributed by atoms with van der Waals surface area (Å²) in [5.41, 5.74) is 5.84. The minimum atomic E-state index is -0.0316. The molecule has 0 spiro atoms. The van der Waals surface area contributed by atoms with E-state index in [9.17, 15) is 9.59 Å². The molecule has 3 aromatic rings. The van der Waals surface area contributed by atoms with E-state index in [4.69, 9.17) is 0 Å². The molecule has 0 atom stereocenters. The Labute approximate surface area is 207 Å². The smallest absolute Gasteiger partial charge is 0.321 e. The fourth-order valence-electron chi connectivity index (χ4n) is 5.41. The Morgan fingerprint density at radius 2 is 1.60 bits per heavy atom. The summed E-state index contributed by atoms with van der Waals surface area (Å²) in [4.78, 5) is 30.0. The molecular weight excluding hydrogens is 438 g/mol. The molecule has 0 unspecified atom stereocenters. The Bertz CT molecular complexity index is 1210. The van der Waals surface area contributed by atoms with Crippen LogP contribution in [0.4, 0.5) is 10.5 Å². The summed E-state index contributed by atoms with van der Waals surface area (Å²) in [6, 6.07) is 10.3. The molecule has 0 saturated carbocycles. The van der Waals surface area contributed by atoms with E-state index >= 15 is 0 Å². The number of nitrogens with zero attached hydrogens (tertiary/aromatic N) is 4. The lowest BCUT2D eigenvalue weighted by Gasteiger charge is -2.32. The molecule has 0 radical (unpaired) electrons. The number of carbonyl (C=O) groups is 2. The number of nitrogens with one attached hydrogen (secondary N) is 1. The van der Waals surface area contributed by atoms with Crippen molar-refractivity contribution in [3.8, 4) is 0 Å². The van der Waals surface area contributed by atoms with Crippen LogP contribution in [0.1, 0.15) is 65.6 Å². The summed E-state index contributed by atoms with van der Waals surface area (Å²) >= 11 is 0. The molecule has 3 amide bonds. The Morgan fingerprint density at radius 3 is 2.29 bits per heavy atom. The minimum absolute atomic E-state index is 0.0316. The molecule has 2 aliphatic rings. The maximum absolute atomic E-state index is 13.2. The largest absolute Gasteiger partial charge is 0.339 e. The second kappa shape index (κ2) is 9.72. The average molecular weight is 474 g/mol. The summed E-state index contributed by atoms with van der Waals surface area (Å²) in [7, 11) is 0. The van der Waals surface area contributed by atoms with Gasteiger partial charge in [0.1, 0.15) is 0 Å². The first-order valence-electron chi connectivity index (χ1n) is 12.8. The number of likely N-dealkylation sites (tertiary alicyclic amines) is 2. The highest BCUT2D eigenvalue weighted by molar-refractivity contribution is 6.00. The molecule has 0 aliphatic carbocycles. The number of rotatable bonds is 3. The molecule has 2 aromatic heterocycles. The van der Waals surface area contributed by atoms with Crippen LogP contribution in [-0.2, 0) is 0 Å². The lowest BCUT2D eigenvalue weighted by Crippen LogP contribution is -2.40. The topological polar surface area (TPSA) is 70.0 Å². The van der Waals surface area contributed by atoms with Crippen LogP contribution in [0.15, 0.2) is 42.7 Å². The van der Waals surface area contributed by atoms with E-state index in [-0.39, 0.29) is 11.9 Å². The number of amides is 3. The second-order valence-electron chi connectivity index (χ2n) is 10.3. The van der Waals surface area contributed by atoms with Gasteiger partial charge in [-0.1, -0.05) is 25.1 Å². The zero-order valence-corrected chi connectivity index (χ0v) is 21.0. The summed E-state index contributed by atoms with van der Waals surface area (Å²) in [6.45, 7) is 9.35. The predicted molar refractivity (Wildman–Crippen MR) is 138 cm³/mol. The van der Waals surface area contributed by atoms with Gasteiger partial charge in [-0.25, -0.2) is 9.31 Å². The molecule has 2 fully saturated rings. The fraction of sp³-hybridized carbons (Fsp3) is 0.464. The number of para-hydroxylation sites is 1. The van der Waals surface area contributed by atoms with E-state index in [2.05, 4.69) is 29.5 Å². The molecule has 0 bridgehead atoms. The Morgan fingerprint density at radius 1 is 0.943 bits per heavy atom. The minimum Gasteiger partial charge on any atom is -0.339 e. The summed E-state index contributed by atoms with van der Waals surface area (Å²) in [6.07, 6.45) is 7.59. The number of fused-ring (bicyclic) bond motifs is 1. The maximum Gasteiger partial charge on any atom is 0.321 e. The van der Waals surface area contributed by atoms with E-state index in [0.717, 1.165) is 61.1 Å². The molecular formula is C28H35N5O2. The Balaban J connectivity index is 1.26. The van der Waals surface area contributed by atoms with Gasteiger partial charge in [-0.05, 0) is 80.2 Å². The highest BCUT2D eigenvalue weighted by Gasteiger charge is 2.27. The molecule has 184 valence electrons.